The molecule has 0 N–H and O–H groups in total. The molecule has 0 saturated heterocycles. The maximum atomic E-state index is 8.19. The van der Waals surface area contributed by atoms with Gasteiger partial charge in [-0.2, -0.15) is 10.5 Å². The van der Waals surface area contributed by atoms with Crippen LogP contribution >= 0.6 is 55.4 Å². The average molecular weight is 416 g/mol. The molecule has 0 spiro atoms. The van der Waals surface area contributed by atoms with Crippen molar-refractivity contribution in [3.05, 3.63) is 19.8 Å². The third kappa shape index (κ3) is 16.0. The molecule has 0 amide bonds. The van der Waals surface area contributed by atoms with Crippen molar-refractivity contribution in [2.24, 2.45) is 0 Å². The average Bonchev–Trinajstić information content (AvgIpc) is 2.37. The van der Waals surface area contributed by atoms with Crippen LogP contribution in [0.5, 0.6) is 0 Å². The minimum absolute atomic E-state index is 0.490. The molecular weight excluding hydrogens is 404 g/mol. The molecule has 0 rings (SSSR count). The number of nitrogens with zero attached hydrogens (tertiary/aromatic N) is 2. The minimum atomic E-state index is 0.490. The highest BCUT2D eigenvalue weighted by molar-refractivity contribution is 9.11. The zero-order chi connectivity index (χ0) is 14.2. The maximum Gasteiger partial charge on any atom is 0.138 e. The van der Waals surface area contributed by atoms with Crippen LogP contribution in [0.15, 0.2) is 19.8 Å². The van der Waals surface area contributed by atoms with E-state index in [9.17, 15) is 0 Å². The van der Waals surface area contributed by atoms with Gasteiger partial charge in [0.05, 0.1) is 13.2 Å². The second kappa shape index (κ2) is 17.0. The molecular formula is C10H12Br2N2O2S2. The van der Waals surface area contributed by atoms with E-state index in [0.29, 0.717) is 13.2 Å². The van der Waals surface area contributed by atoms with Gasteiger partial charge in [-0.05, 0) is 33.9 Å². The fourth-order valence-electron chi connectivity index (χ4n) is 0.546. The first-order chi connectivity index (χ1) is 8.65. The summed E-state index contributed by atoms with van der Waals surface area (Å²) in [5.41, 5.74) is 0. The van der Waals surface area contributed by atoms with Crippen LogP contribution in [0.3, 0.4) is 0 Å². The maximum absolute atomic E-state index is 8.19. The Balaban J connectivity index is 0. The Hall–Kier alpha value is 0.0400. The third-order valence-electron chi connectivity index (χ3n) is 1.11. The number of thiocyanates is 2. The predicted octanol–water partition coefficient (Wildman–Crippen LogP) is 4.17. The van der Waals surface area contributed by atoms with E-state index in [1.54, 1.807) is 24.6 Å². The van der Waals surface area contributed by atoms with Crippen molar-refractivity contribution >= 4 is 55.4 Å². The second-order valence-electron chi connectivity index (χ2n) is 2.41. The summed E-state index contributed by atoms with van der Waals surface area (Å²) < 4.78 is 10.4. The summed E-state index contributed by atoms with van der Waals surface area (Å²) in [5.74, 6) is 0. The van der Waals surface area contributed by atoms with E-state index in [1.807, 2.05) is 10.8 Å². The van der Waals surface area contributed by atoms with Crippen molar-refractivity contribution in [2.75, 3.05) is 27.4 Å². The third-order valence-corrected chi connectivity index (χ3v) is 3.82. The lowest BCUT2D eigenvalue weighted by Crippen LogP contribution is -1.87. The molecule has 0 aliphatic rings. The molecule has 0 radical (unpaired) electrons. The summed E-state index contributed by atoms with van der Waals surface area (Å²) in [6, 6.07) is 0. The minimum Gasteiger partial charge on any atom is -0.379 e. The molecule has 0 aliphatic heterocycles. The highest BCUT2D eigenvalue weighted by atomic mass is 79.9. The van der Waals surface area contributed by atoms with Gasteiger partial charge in [0.25, 0.3) is 0 Å². The summed E-state index contributed by atoms with van der Waals surface area (Å²) >= 11 is 8.48. The first-order valence-corrected chi connectivity index (χ1v) is 7.79. The van der Waals surface area contributed by atoms with E-state index in [-0.39, 0.29) is 0 Å². The monoisotopic (exact) mass is 414 g/mol. The van der Waals surface area contributed by atoms with E-state index in [0.717, 1.165) is 32.9 Å². The standard InChI is InChI=1S/2C5H6BrNOS/c1-8-2-5(6)3-9-4-7;1-8-3-5(2-6)9-4-7/h3H,2H2,1H3;2H,3H2,1H3/b5-3-;5-2-. The highest BCUT2D eigenvalue weighted by Crippen LogP contribution is 2.15. The summed E-state index contributed by atoms with van der Waals surface area (Å²) in [4.78, 5) is 2.56. The molecule has 0 aromatic carbocycles. The van der Waals surface area contributed by atoms with Crippen molar-refractivity contribution in [3.63, 3.8) is 0 Å². The van der Waals surface area contributed by atoms with Gasteiger partial charge in [0.2, 0.25) is 0 Å². The molecule has 8 heteroatoms. The van der Waals surface area contributed by atoms with Crippen LogP contribution in [-0.4, -0.2) is 27.4 Å². The van der Waals surface area contributed by atoms with Gasteiger partial charge in [0.1, 0.15) is 10.8 Å². The number of hydrogen-bond donors (Lipinski definition) is 0. The Labute approximate surface area is 133 Å². The number of thioether (sulfide) groups is 2. The smallest absolute Gasteiger partial charge is 0.138 e. The second-order valence-corrected chi connectivity index (χ2v) is 5.45. The van der Waals surface area contributed by atoms with Gasteiger partial charge in [0.15, 0.2) is 0 Å². The van der Waals surface area contributed by atoms with Crippen molar-refractivity contribution in [2.45, 2.75) is 0 Å². The van der Waals surface area contributed by atoms with Crippen LogP contribution < -0.4 is 0 Å². The van der Waals surface area contributed by atoms with Crippen LogP contribution in [0.4, 0.5) is 0 Å². The molecule has 0 saturated carbocycles. The van der Waals surface area contributed by atoms with Gasteiger partial charge in [0, 0.05) is 23.6 Å². The van der Waals surface area contributed by atoms with E-state index in [2.05, 4.69) is 31.9 Å². The molecule has 0 heterocycles. The quantitative estimate of drug-likeness (QED) is 0.606. The number of methoxy groups -OCH3 is 2. The van der Waals surface area contributed by atoms with E-state index in [4.69, 9.17) is 20.0 Å². The van der Waals surface area contributed by atoms with E-state index in [1.165, 1.54) is 0 Å². The Kier molecular flexibility index (Phi) is 19.3. The topological polar surface area (TPSA) is 66.0 Å². The molecule has 100 valence electrons. The largest absolute Gasteiger partial charge is 0.379 e. The number of halogens is 2. The lowest BCUT2D eigenvalue weighted by atomic mass is 10.7. The molecule has 18 heavy (non-hydrogen) atoms. The normalized spacial score (nSPS) is 11.0. The number of ether oxygens (including phenoxy) is 2. The molecule has 0 unspecified atom stereocenters. The van der Waals surface area contributed by atoms with Crippen molar-refractivity contribution in [1.82, 2.24) is 0 Å². The zero-order valence-electron chi connectivity index (χ0n) is 9.85. The lowest BCUT2D eigenvalue weighted by Gasteiger charge is -1.95. The molecule has 0 bridgehead atoms. The summed E-state index contributed by atoms with van der Waals surface area (Å²) in [6.45, 7) is 1.01. The predicted molar refractivity (Wildman–Crippen MR) is 84.2 cm³/mol. The van der Waals surface area contributed by atoms with Gasteiger partial charge in [-0.15, -0.1) is 0 Å². The SMILES string of the molecule is COC/C(=C/Br)SC#N.COC/C(Br)=C/SC#N. The van der Waals surface area contributed by atoms with E-state index >= 15 is 0 Å². The van der Waals surface area contributed by atoms with Crippen LogP contribution in [0.25, 0.3) is 0 Å². The van der Waals surface area contributed by atoms with Crippen LogP contribution in [-0.2, 0) is 9.47 Å². The van der Waals surface area contributed by atoms with Crippen LogP contribution in [0.1, 0.15) is 0 Å². The number of nitriles is 2. The highest BCUT2D eigenvalue weighted by Gasteiger charge is 1.93. The van der Waals surface area contributed by atoms with Gasteiger partial charge >= 0.3 is 0 Å². The van der Waals surface area contributed by atoms with Gasteiger partial charge in [-0.1, -0.05) is 31.9 Å². The zero-order valence-corrected chi connectivity index (χ0v) is 14.7. The van der Waals surface area contributed by atoms with Gasteiger partial charge < -0.3 is 9.47 Å². The summed E-state index contributed by atoms with van der Waals surface area (Å²) in [7, 11) is 3.20. The van der Waals surface area contributed by atoms with Crippen LogP contribution in [0.2, 0.25) is 0 Å². The van der Waals surface area contributed by atoms with Crippen molar-refractivity contribution < 1.29 is 9.47 Å². The molecule has 0 atom stereocenters. The molecule has 0 aliphatic carbocycles. The fourth-order valence-corrected chi connectivity index (χ4v) is 2.06. The Morgan fingerprint density at radius 1 is 1.22 bits per heavy atom. The fraction of sp³-hybridized carbons (Fsp3) is 0.400. The van der Waals surface area contributed by atoms with Gasteiger partial charge in [-0.25, -0.2) is 0 Å². The molecule has 0 aromatic rings. The Morgan fingerprint density at radius 2 is 1.83 bits per heavy atom. The first kappa shape index (κ1) is 20.4. The van der Waals surface area contributed by atoms with Crippen molar-refractivity contribution in [3.8, 4) is 10.8 Å². The molecule has 4 nitrogen and oxygen atoms in total. The molecule has 0 aromatic heterocycles. The Morgan fingerprint density at radius 3 is 2.22 bits per heavy atom. The van der Waals surface area contributed by atoms with Crippen LogP contribution in [0, 0.1) is 21.3 Å². The van der Waals surface area contributed by atoms with Crippen molar-refractivity contribution in [1.29, 1.82) is 10.5 Å². The molecule has 0 fully saturated rings. The summed E-state index contributed by atoms with van der Waals surface area (Å²) in [6.07, 6.45) is 0. The first-order valence-electron chi connectivity index (χ1n) is 4.38. The Bertz CT molecular complexity index is 349. The van der Waals surface area contributed by atoms with E-state index < -0.39 is 0 Å². The summed E-state index contributed by atoms with van der Waals surface area (Å²) in [5, 5.41) is 21.8. The number of rotatable bonds is 6. The lowest BCUT2D eigenvalue weighted by molar-refractivity contribution is 0.232. The number of hydrogen-bond acceptors (Lipinski definition) is 6. The van der Waals surface area contributed by atoms with Gasteiger partial charge in [-0.3, -0.25) is 0 Å².